The van der Waals surface area contributed by atoms with E-state index in [4.69, 9.17) is 14.2 Å². The number of para-hydroxylation sites is 1. The molecule has 0 unspecified atom stereocenters. The van der Waals surface area contributed by atoms with Crippen LogP contribution in [0.4, 0.5) is 5.69 Å². The minimum atomic E-state index is -0.373. The molecule has 0 N–H and O–H groups in total. The first-order chi connectivity index (χ1) is 15.9. The molecule has 4 rings (SSSR count). The third-order valence-corrected chi connectivity index (χ3v) is 7.29. The molecule has 2 aliphatic rings. The highest BCUT2D eigenvalue weighted by Crippen LogP contribution is 2.47. The van der Waals surface area contributed by atoms with Crippen LogP contribution in [0.3, 0.4) is 0 Å². The normalized spacial score (nSPS) is 18.1. The molecule has 7 nitrogen and oxygen atoms in total. The van der Waals surface area contributed by atoms with Crippen molar-refractivity contribution in [2.24, 2.45) is 0 Å². The van der Waals surface area contributed by atoms with Crippen molar-refractivity contribution in [2.45, 2.75) is 26.2 Å². The molecular formula is C25H27N3O4S. The largest absolute Gasteiger partial charge is 0.493 e. The van der Waals surface area contributed by atoms with Gasteiger partial charge in [0.05, 0.1) is 50.5 Å². The number of rotatable bonds is 5. The average molecular weight is 466 g/mol. The Morgan fingerprint density at radius 3 is 2.24 bits per heavy atom. The molecular weight excluding hydrogens is 438 g/mol. The SMILES string of the molecule is COc1cc([C@H]2CC(=O)N3CN(c4c(C)cccc4C)CSC3=C2C#N)cc(OC)c1OC. The van der Waals surface area contributed by atoms with Crippen LogP contribution in [-0.4, -0.2) is 44.7 Å². The maximum absolute atomic E-state index is 13.3. The molecule has 0 spiro atoms. The Morgan fingerprint density at radius 1 is 1.06 bits per heavy atom. The number of hydrogen-bond acceptors (Lipinski definition) is 7. The Hall–Kier alpha value is -3.31. The maximum Gasteiger partial charge on any atom is 0.229 e. The number of nitrogens with zero attached hydrogens (tertiary/aromatic N) is 3. The van der Waals surface area contributed by atoms with Gasteiger partial charge in [0.1, 0.15) is 0 Å². The third kappa shape index (κ3) is 3.98. The number of benzene rings is 2. The van der Waals surface area contributed by atoms with Gasteiger partial charge in [0.25, 0.3) is 0 Å². The molecule has 8 heteroatoms. The van der Waals surface area contributed by atoms with Crippen LogP contribution in [0.5, 0.6) is 17.2 Å². The molecule has 2 heterocycles. The summed E-state index contributed by atoms with van der Waals surface area (Å²) in [5, 5.41) is 10.8. The Bertz CT molecular complexity index is 1130. The van der Waals surface area contributed by atoms with Crippen molar-refractivity contribution in [3.8, 4) is 23.3 Å². The topological polar surface area (TPSA) is 75.0 Å². The van der Waals surface area contributed by atoms with E-state index in [0.717, 1.165) is 16.3 Å². The lowest BCUT2D eigenvalue weighted by Gasteiger charge is -2.43. The van der Waals surface area contributed by atoms with Gasteiger partial charge in [-0.15, -0.1) is 0 Å². The van der Waals surface area contributed by atoms with Crippen LogP contribution in [-0.2, 0) is 4.79 Å². The Labute approximate surface area is 198 Å². The highest BCUT2D eigenvalue weighted by molar-refractivity contribution is 8.03. The van der Waals surface area contributed by atoms with Crippen LogP contribution in [0.1, 0.15) is 29.0 Å². The van der Waals surface area contributed by atoms with Gasteiger partial charge in [0.2, 0.25) is 11.7 Å². The van der Waals surface area contributed by atoms with Crippen molar-refractivity contribution in [3.05, 3.63) is 57.6 Å². The van der Waals surface area contributed by atoms with Gasteiger partial charge in [0.15, 0.2) is 11.5 Å². The van der Waals surface area contributed by atoms with E-state index in [9.17, 15) is 10.1 Å². The number of hydrogen-bond donors (Lipinski definition) is 0. The molecule has 2 aromatic carbocycles. The summed E-state index contributed by atoms with van der Waals surface area (Å²) < 4.78 is 16.4. The number of nitriles is 1. The number of anilines is 1. The predicted octanol–water partition coefficient (Wildman–Crippen LogP) is 4.55. The van der Waals surface area contributed by atoms with Crippen LogP contribution in [0.15, 0.2) is 40.9 Å². The number of carbonyl (C=O) groups is 1. The summed E-state index contributed by atoms with van der Waals surface area (Å²) in [5.74, 6) is 1.77. The molecule has 1 fully saturated rings. The van der Waals surface area contributed by atoms with E-state index < -0.39 is 0 Å². The first-order valence-corrected chi connectivity index (χ1v) is 11.6. The summed E-state index contributed by atoms with van der Waals surface area (Å²) in [5.41, 5.74) is 4.86. The Balaban J connectivity index is 1.73. The zero-order chi connectivity index (χ0) is 23.7. The van der Waals surface area contributed by atoms with Crippen molar-refractivity contribution >= 4 is 23.4 Å². The monoisotopic (exact) mass is 465 g/mol. The smallest absolute Gasteiger partial charge is 0.229 e. The van der Waals surface area contributed by atoms with Crippen LogP contribution >= 0.6 is 11.8 Å². The molecule has 1 amide bonds. The fourth-order valence-corrected chi connectivity index (χ4v) is 5.74. The van der Waals surface area contributed by atoms with E-state index in [1.54, 1.807) is 26.2 Å². The van der Waals surface area contributed by atoms with Crippen molar-refractivity contribution in [3.63, 3.8) is 0 Å². The van der Waals surface area contributed by atoms with Gasteiger partial charge < -0.3 is 19.1 Å². The quantitative estimate of drug-likeness (QED) is 0.641. The van der Waals surface area contributed by atoms with E-state index in [0.29, 0.717) is 35.4 Å². The van der Waals surface area contributed by atoms with Crippen LogP contribution < -0.4 is 19.1 Å². The summed E-state index contributed by atoms with van der Waals surface area (Å²) in [7, 11) is 4.65. The van der Waals surface area contributed by atoms with Gasteiger partial charge >= 0.3 is 0 Å². The highest BCUT2D eigenvalue weighted by atomic mass is 32.2. The lowest BCUT2D eigenvalue weighted by atomic mass is 9.86. The number of aryl methyl sites for hydroxylation is 2. The third-order valence-electron chi connectivity index (χ3n) is 6.14. The molecule has 2 aliphatic heterocycles. The maximum atomic E-state index is 13.3. The number of thioether (sulfide) groups is 1. The van der Waals surface area contributed by atoms with Crippen molar-refractivity contribution in [1.82, 2.24) is 4.90 Å². The predicted molar refractivity (Wildman–Crippen MR) is 129 cm³/mol. The standard InChI is InChI=1S/C25H27N3O4S/c1-15-7-6-8-16(2)23(15)27-13-28-22(29)11-18(19(12-26)25(28)33-14-27)17-9-20(30-3)24(32-5)21(10-17)31-4/h6-10,18H,11,13-14H2,1-5H3/t18-/m1/s1. The molecule has 0 aliphatic carbocycles. The summed E-state index contributed by atoms with van der Waals surface area (Å²) in [6, 6.07) is 12.2. The molecule has 1 atom stereocenters. The lowest BCUT2D eigenvalue weighted by Crippen LogP contribution is -2.47. The van der Waals surface area contributed by atoms with Crippen molar-refractivity contribution in [2.75, 3.05) is 38.8 Å². The van der Waals surface area contributed by atoms with Gasteiger partial charge in [-0.2, -0.15) is 5.26 Å². The number of amides is 1. The summed E-state index contributed by atoms with van der Waals surface area (Å²) >= 11 is 1.53. The van der Waals surface area contributed by atoms with Gasteiger partial charge in [-0.25, -0.2) is 0 Å². The second-order valence-corrected chi connectivity index (χ2v) is 9.00. The van der Waals surface area contributed by atoms with Gasteiger partial charge in [-0.05, 0) is 42.7 Å². The van der Waals surface area contributed by atoms with E-state index in [1.807, 2.05) is 18.2 Å². The van der Waals surface area contributed by atoms with Crippen LogP contribution in [0, 0.1) is 25.2 Å². The molecule has 172 valence electrons. The number of fused-ring (bicyclic) bond motifs is 1. The fourth-order valence-electron chi connectivity index (χ4n) is 4.60. The van der Waals surface area contributed by atoms with E-state index in [-0.39, 0.29) is 18.2 Å². The van der Waals surface area contributed by atoms with E-state index in [2.05, 4.69) is 36.9 Å². The zero-order valence-electron chi connectivity index (χ0n) is 19.5. The first kappa shape index (κ1) is 22.9. The first-order valence-electron chi connectivity index (χ1n) is 10.6. The van der Waals surface area contributed by atoms with E-state index >= 15 is 0 Å². The van der Waals surface area contributed by atoms with Gasteiger partial charge in [-0.1, -0.05) is 30.0 Å². The summed E-state index contributed by atoms with van der Waals surface area (Å²) in [6.07, 6.45) is 0.201. The Kier molecular flexibility index (Phi) is 6.43. The molecule has 0 bridgehead atoms. The number of allylic oxidation sites excluding steroid dienone is 1. The summed E-state index contributed by atoms with van der Waals surface area (Å²) in [4.78, 5) is 17.3. The Morgan fingerprint density at radius 2 is 1.70 bits per heavy atom. The zero-order valence-corrected chi connectivity index (χ0v) is 20.3. The van der Waals surface area contributed by atoms with Gasteiger partial charge in [0, 0.05) is 18.0 Å². The van der Waals surface area contributed by atoms with Crippen LogP contribution in [0.2, 0.25) is 0 Å². The second-order valence-electron chi connectivity index (χ2n) is 8.06. The van der Waals surface area contributed by atoms with Crippen molar-refractivity contribution < 1.29 is 19.0 Å². The minimum absolute atomic E-state index is 0.00816. The van der Waals surface area contributed by atoms with E-state index in [1.165, 1.54) is 22.9 Å². The number of ether oxygens (including phenoxy) is 3. The number of carbonyl (C=O) groups excluding carboxylic acids is 1. The second kappa shape index (κ2) is 9.28. The summed E-state index contributed by atoms with van der Waals surface area (Å²) in [6.45, 7) is 4.59. The lowest BCUT2D eigenvalue weighted by molar-refractivity contribution is -0.129. The number of methoxy groups -OCH3 is 3. The highest BCUT2D eigenvalue weighted by Gasteiger charge is 2.39. The average Bonchev–Trinajstić information content (AvgIpc) is 2.83. The molecule has 0 radical (unpaired) electrons. The van der Waals surface area contributed by atoms with Crippen molar-refractivity contribution in [1.29, 1.82) is 5.26 Å². The van der Waals surface area contributed by atoms with Gasteiger partial charge in [-0.3, -0.25) is 9.69 Å². The molecule has 2 aromatic rings. The molecule has 0 aromatic heterocycles. The molecule has 33 heavy (non-hydrogen) atoms. The molecule has 1 saturated heterocycles. The molecule has 0 saturated carbocycles. The fraction of sp³-hybridized carbons (Fsp3) is 0.360. The van der Waals surface area contributed by atoms with Crippen LogP contribution in [0.25, 0.3) is 0 Å². The minimum Gasteiger partial charge on any atom is -0.493 e.